The van der Waals surface area contributed by atoms with Crippen molar-refractivity contribution in [3.8, 4) is 5.75 Å². The van der Waals surface area contributed by atoms with Crippen molar-refractivity contribution >= 4 is 11.9 Å². The lowest BCUT2D eigenvalue weighted by atomic mass is 9.94. The normalized spacial score (nSPS) is 20.0. The second-order valence-electron chi connectivity index (χ2n) is 6.07. The van der Waals surface area contributed by atoms with E-state index in [1.165, 1.54) is 6.42 Å². The number of nitrogens with zero attached hydrogens (tertiary/aromatic N) is 4. The SMILES string of the molecule is COc1cnc(N2CCC(C(=O)N3CCCCC3)CC2)nc1. The molecule has 3 rings (SSSR count). The molecule has 0 N–H and O–H groups in total. The molecule has 0 spiro atoms. The molecule has 1 amide bonds. The van der Waals surface area contributed by atoms with E-state index in [2.05, 4.69) is 19.8 Å². The van der Waals surface area contributed by atoms with E-state index in [1.54, 1.807) is 19.5 Å². The molecule has 2 aliphatic rings. The summed E-state index contributed by atoms with van der Waals surface area (Å²) in [5.74, 6) is 1.92. The van der Waals surface area contributed by atoms with Gasteiger partial charge in [0.1, 0.15) is 0 Å². The van der Waals surface area contributed by atoms with Gasteiger partial charge >= 0.3 is 0 Å². The molecule has 1 aromatic heterocycles. The van der Waals surface area contributed by atoms with Crippen LogP contribution < -0.4 is 9.64 Å². The van der Waals surface area contributed by atoms with Crippen molar-refractivity contribution in [3.63, 3.8) is 0 Å². The van der Waals surface area contributed by atoms with Crippen molar-refractivity contribution in [1.82, 2.24) is 14.9 Å². The molecule has 0 aliphatic carbocycles. The highest BCUT2D eigenvalue weighted by molar-refractivity contribution is 5.79. The molecule has 3 heterocycles. The molecule has 0 bridgehead atoms. The summed E-state index contributed by atoms with van der Waals surface area (Å²) in [6.07, 6.45) is 8.74. The Balaban J connectivity index is 1.54. The van der Waals surface area contributed by atoms with Crippen LogP contribution >= 0.6 is 0 Å². The van der Waals surface area contributed by atoms with E-state index < -0.39 is 0 Å². The first-order valence-electron chi connectivity index (χ1n) is 8.17. The Labute approximate surface area is 131 Å². The van der Waals surface area contributed by atoms with E-state index >= 15 is 0 Å². The minimum atomic E-state index is 0.174. The van der Waals surface area contributed by atoms with E-state index in [0.717, 1.165) is 57.8 Å². The summed E-state index contributed by atoms with van der Waals surface area (Å²) in [5.41, 5.74) is 0. The van der Waals surface area contributed by atoms with Gasteiger partial charge < -0.3 is 14.5 Å². The molecule has 0 unspecified atom stereocenters. The standard InChI is InChI=1S/C16H24N4O2/c1-22-14-11-17-16(18-12-14)20-9-5-13(6-10-20)15(21)19-7-3-2-4-8-19/h11-13H,2-10H2,1H3. The molecule has 0 saturated carbocycles. The number of aromatic nitrogens is 2. The first-order chi connectivity index (χ1) is 10.8. The molecule has 1 aromatic rings. The molecular weight excluding hydrogens is 280 g/mol. The van der Waals surface area contributed by atoms with E-state index in [0.29, 0.717) is 11.7 Å². The Kier molecular flexibility index (Phi) is 4.75. The van der Waals surface area contributed by atoms with Crippen LogP contribution in [0.5, 0.6) is 5.75 Å². The Morgan fingerprint density at radius 1 is 1.09 bits per heavy atom. The van der Waals surface area contributed by atoms with Crippen LogP contribution in [0.1, 0.15) is 32.1 Å². The number of hydrogen-bond acceptors (Lipinski definition) is 5. The smallest absolute Gasteiger partial charge is 0.225 e. The summed E-state index contributed by atoms with van der Waals surface area (Å²) in [6, 6.07) is 0. The summed E-state index contributed by atoms with van der Waals surface area (Å²) in [5, 5.41) is 0. The highest BCUT2D eigenvalue weighted by atomic mass is 16.5. The van der Waals surface area contributed by atoms with Crippen LogP contribution in [0.25, 0.3) is 0 Å². The minimum absolute atomic E-state index is 0.174. The van der Waals surface area contributed by atoms with Gasteiger partial charge in [-0.05, 0) is 32.1 Å². The number of hydrogen-bond donors (Lipinski definition) is 0. The maximum absolute atomic E-state index is 12.5. The zero-order valence-electron chi connectivity index (χ0n) is 13.2. The summed E-state index contributed by atoms with van der Waals surface area (Å²) < 4.78 is 5.08. The van der Waals surface area contributed by atoms with Crippen molar-refractivity contribution in [2.75, 3.05) is 38.2 Å². The van der Waals surface area contributed by atoms with Gasteiger partial charge in [0.25, 0.3) is 0 Å². The lowest BCUT2D eigenvalue weighted by molar-refractivity contribution is -0.137. The van der Waals surface area contributed by atoms with Gasteiger partial charge in [-0.15, -0.1) is 0 Å². The van der Waals surface area contributed by atoms with Gasteiger partial charge in [0.2, 0.25) is 11.9 Å². The molecule has 6 nitrogen and oxygen atoms in total. The van der Waals surface area contributed by atoms with Crippen molar-refractivity contribution in [2.45, 2.75) is 32.1 Å². The maximum atomic E-state index is 12.5. The fourth-order valence-corrected chi connectivity index (χ4v) is 3.28. The summed E-state index contributed by atoms with van der Waals surface area (Å²) in [7, 11) is 1.61. The number of piperidine rings is 2. The van der Waals surface area contributed by atoms with Crippen molar-refractivity contribution in [2.24, 2.45) is 5.92 Å². The fraction of sp³-hybridized carbons (Fsp3) is 0.688. The van der Waals surface area contributed by atoms with Crippen LogP contribution in [0.15, 0.2) is 12.4 Å². The van der Waals surface area contributed by atoms with Crippen LogP contribution in [0.4, 0.5) is 5.95 Å². The zero-order chi connectivity index (χ0) is 15.4. The average Bonchev–Trinajstić information content (AvgIpc) is 2.62. The number of ether oxygens (including phenoxy) is 1. The molecule has 6 heteroatoms. The van der Waals surface area contributed by atoms with Gasteiger partial charge in [0, 0.05) is 32.1 Å². The minimum Gasteiger partial charge on any atom is -0.494 e. The van der Waals surface area contributed by atoms with Gasteiger partial charge in [-0.3, -0.25) is 4.79 Å². The molecule has 0 aromatic carbocycles. The topological polar surface area (TPSA) is 58.6 Å². The first-order valence-corrected chi connectivity index (χ1v) is 8.17. The van der Waals surface area contributed by atoms with Crippen molar-refractivity contribution < 1.29 is 9.53 Å². The monoisotopic (exact) mass is 304 g/mol. The summed E-state index contributed by atoms with van der Waals surface area (Å²) in [4.78, 5) is 25.4. The number of carbonyl (C=O) groups excluding carboxylic acids is 1. The lowest BCUT2D eigenvalue weighted by Crippen LogP contribution is -2.44. The van der Waals surface area contributed by atoms with Crippen molar-refractivity contribution in [3.05, 3.63) is 12.4 Å². The van der Waals surface area contributed by atoms with E-state index in [1.807, 2.05) is 0 Å². The zero-order valence-corrected chi connectivity index (χ0v) is 13.2. The van der Waals surface area contributed by atoms with Gasteiger partial charge in [0.05, 0.1) is 19.5 Å². The highest BCUT2D eigenvalue weighted by Gasteiger charge is 2.29. The van der Waals surface area contributed by atoms with E-state index in [9.17, 15) is 4.79 Å². The summed E-state index contributed by atoms with van der Waals surface area (Å²) >= 11 is 0. The molecule has 0 atom stereocenters. The van der Waals surface area contributed by atoms with Crippen LogP contribution in [-0.2, 0) is 4.79 Å². The Bertz CT molecular complexity index is 491. The van der Waals surface area contributed by atoms with Gasteiger partial charge in [-0.1, -0.05) is 0 Å². The molecule has 120 valence electrons. The number of carbonyl (C=O) groups is 1. The predicted octanol–water partition coefficient (Wildman–Crippen LogP) is 1.71. The maximum Gasteiger partial charge on any atom is 0.225 e. The number of methoxy groups -OCH3 is 1. The molecule has 0 radical (unpaired) electrons. The third-order valence-corrected chi connectivity index (χ3v) is 4.64. The Hall–Kier alpha value is -1.85. The Morgan fingerprint density at radius 3 is 2.32 bits per heavy atom. The van der Waals surface area contributed by atoms with Gasteiger partial charge in [-0.2, -0.15) is 0 Å². The van der Waals surface area contributed by atoms with Gasteiger partial charge in [0.15, 0.2) is 5.75 Å². The quantitative estimate of drug-likeness (QED) is 0.851. The van der Waals surface area contributed by atoms with E-state index in [-0.39, 0.29) is 5.92 Å². The number of likely N-dealkylation sites (tertiary alicyclic amines) is 1. The predicted molar refractivity (Wildman–Crippen MR) is 84.0 cm³/mol. The van der Waals surface area contributed by atoms with Crippen LogP contribution in [-0.4, -0.2) is 54.1 Å². The fourth-order valence-electron chi connectivity index (χ4n) is 3.28. The third-order valence-electron chi connectivity index (χ3n) is 4.64. The average molecular weight is 304 g/mol. The van der Waals surface area contributed by atoms with Gasteiger partial charge in [-0.25, -0.2) is 9.97 Å². The third kappa shape index (κ3) is 3.31. The Morgan fingerprint density at radius 2 is 1.73 bits per heavy atom. The molecule has 2 fully saturated rings. The van der Waals surface area contributed by atoms with Crippen LogP contribution in [0.2, 0.25) is 0 Å². The number of amides is 1. The van der Waals surface area contributed by atoms with Crippen LogP contribution in [0, 0.1) is 5.92 Å². The molecule has 2 saturated heterocycles. The van der Waals surface area contributed by atoms with E-state index in [4.69, 9.17) is 4.74 Å². The first kappa shape index (κ1) is 15.1. The molecule has 22 heavy (non-hydrogen) atoms. The number of anilines is 1. The lowest BCUT2D eigenvalue weighted by Gasteiger charge is -2.35. The van der Waals surface area contributed by atoms with Crippen molar-refractivity contribution in [1.29, 1.82) is 0 Å². The second kappa shape index (κ2) is 6.94. The largest absolute Gasteiger partial charge is 0.494 e. The molecule has 2 aliphatic heterocycles. The molecular formula is C16H24N4O2. The summed E-state index contributed by atoms with van der Waals surface area (Å²) in [6.45, 7) is 3.58. The highest BCUT2D eigenvalue weighted by Crippen LogP contribution is 2.24. The second-order valence-corrected chi connectivity index (χ2v) is 6.07. The number of rotatable bonds is 3. The van der Waals surface area contributed by atoms with Crippen LogP contribution in [0.3, 0.4) is 0 Å².